The van der Waals surface area contributed by atoms with Crippen LogP contribution >= 0.6 is 0 Å². The summed E-state index contributed by atoms with van der Waals surface area (Å²) in [6.07, 6.45) is 0. The molecule has 0 fully saturated rings. The maximum absolute atomic E-state index is 6.38. The molecule has 0 aliphatic heterocycles. The Morgan fingerprint density at radius 3 is 1.26 bits per heavy atom. The second-order valence-electron chi connectivity index (χ2n) is 13.6. The van der Waals surface area contributed by atoms with Crippen LogP contribution in [0.2, 0.25) is 0 Å². The van der Waals surface area contributed by atoms with Gasteiger partial charge in [0.1, 0.15) is 17.7 Å². The summed E-state index contributed by atoms with van der Waals surface area (Å²) in [5.74, 6) is 1.15. The van der Waals surface area contributed by atoms with E-state index in [1.54, 1.807) is 0 Å². The molecule has 0 heterocycles. The second kappa shape index (κ2) is 15.4. The van der Waals surface area contributed by atoms with Crippen molar-refractivity contribution in [3.8, 4) is 0 Å². The first-order valence-corrected chi connectivity index (χ1v) is 15.9. The molecule has 0 unspecified atom stereocenters. The normalized spacial score (nSPS) is 12.4. The number of benzene rings is 5. The predicted octanol–water partition coefficient (Wildman–Crippen LogP) is 9.37. The average Bonchev–Trinajstić information content (AvgIpc) is 3.07. The third-order valence-electron chi connectivity index (χ3n) is 7.87. The number of hydrogen-bond acceptors (Lipinski definition) is 2. The van der Waals surface area contributed by atoms with Gasteiger partial charge in [-0.2, -0.15) is 0 Å². The van der Waals surface area contributed by atoms with Gasteiger partial charge in [-0.1, -0.05) is 181 Å². The average molecular weight is 609 g/mol. The number of rotatable bonds is 7. The van der Waals surface area contributed by atoms with Gasteiger partial charge in [0.2, 0.25) is 0 Å². The smallest absolute Gasteiger partial charge is 0.126 e. The van der Waals surface area contributed by atoms with E-state index >= 15 is 0 Å². The molecule has 46 heavy (non-hydrogen) atoms. The number of hydrogen-bond donors (Lipinski definition) is 2. The molecule has 0 radical (unpaired) electrons. The van der Waals surface area contributed by atoms with Gasteiger partial charge < -0.3 is 11.5 Å². The van der Waals surface area contributed by atoms with Gasteiger partial charge in [-0.05, 0) is 38.6 Å². The van der Waals surface area contributed by atoms with Gasteiger partial charge >= 0.3 is 0 Å². The molecule has 0 bridgehead atoms. The zero-order chi connectivity index (χ0) is 33.2. The van der Waals surface area contributed by atoms with Crippen LogP contribution in [0, 0.1) is 0 Å². The lowest BCUT2D eigenvalue weighted by molar-refractivity contribution is 0.590. The third kappa shape index (κ3) is 9.77. The van der Waals surface area contributed by atoms with Gasteiger partial charge in [-0.25, -0.2) is 0 Å². The second-order valence-corrected chi connectivity index (χ2v) is 13.6. The highest BCUT2D eigenvalue weighted by atomic mass is 14.9. The van der Waals surface area contributed by atoms with E-state index in [0.29, 0.717) is 18.2 Å². The molecule has 4 nitrogen and oxygen atoms in total. The summed E-state index contributed by atoms with van der Waals surface area (Å²) in [4.78, 5) is 9.32. The third-order valence-corrected chi connectivity index (χ3v) is 7.87. The lowest BCUT2D eigenvalue weighted by Gasteiger charge is -2.19. The zero-order valence-electron chi connectivity index (χ0n) is 28.1. The Morgan fingerprint density at radius 1 is 0.500 bits per heavy atom. The van der Waals surface area contributed by atoms with Crippen molar-refractivity contribution < 1.29 is 0 Å². The molecule has 0 aromatic heterocycles. The Kier molecular flexibility index (Phi) is 11.3. The fourth-order valence-electron chi connectivity index (χ4n) is 4.96. The predicted molar refractivity (Wildman–Crippen MR) is 197 cm³/mol. The minimum absolute atomic E-state index is 0.111. The molecule has 4 N–H and O–H groups in total. The molecule has 0 atom stereocenters. The quantitative estimate of drug-likeness (QED) is 0.143. The Morgan fingerprint density at radius 2 is 0.870 bits per heavy atom. The highest BCUT2D eigenvalue weighted by Gasteiger charge is 2.16. The minimum Gasteiger partial charge on any atom is -0.383 e. The molecule has 0 spiro atoms. The highest BCUT2D eigenvalue weighted by Crippen LogP contribution is 2.27. The highest BCUT2D eigenvalue weighted by molar-refractivity contribution is 5.98. The molecular formula is C42H48N4. The van der Waals surface area contributed by atoms with Crippen molar-refractivity contribution >= 4 is 11.7 Å². The van der Waals surface area contributed by atoms with Crippen LogP contribution in [0.15, 0.2) is 150 Å². The van der Waals surface area contributed by atoms with E-state index in [1.807, 2.05) is 66.7 Å². The first kappa shape index (κ1) is 33.9. The van der Waals surface area contributed by atoms with Crippen molar-refractivity contribution in [3.05, 3.63) is 178 Å². The molecule has 5 aromatic rings. The van der Waals surface area contributed by atoms with Crippen molar-refractivity contribution in [1.82, 2.24) is 0 Å². The van der Waals surface area contributed by atoms with Gasteiger partial charge in [-0.15, -0.1) is 0 Å². The molecule has 0 amide bonds. The minimum atomic E-state index is -0.111. The van der Waals surface area contributed by atoms with Crippen molar-refractivity contribution in [2.45, 2.75) is 65.0 Å². The Bertz CT molecular complexity index is 1650. The Hall–Kier alpha value is -4.96. The lowest BCUT2D eigenvalue weighted by Crippen LogP contribution is -2.17. The van der Waals surface area contributed by atoms with Crippen LogP contribution in [0.1, 0.15) is 86.5 Å². The summed E-state index contributed by atoms with van der Waals surface area (Å²) >= 11 is 0. The van der Waals surface area contributed by atoms with Crippen molar-refractivity contribution in [2.75, 3.05) is 0 Å². The number of aliphatic imine (C=N–C) groups is 2. The maximum atomic E-state index is 6.38. The zero-order valence-corrected chi connectivity index (χ0v) is 28.1. The van der Waals surface area contributed by atoms with E-state index in [0.717, 1.165) is 22.3 Å². The van der Waals surface area contributed by atoms with E-state index in [9.17, 15) is 0 Å². The molecule has 236 valence electrons. The molecule has 0 saturated carbocycles. The summed E-state index contributed by atoms with van der Waals surface area (Å²) in [7, 11) is 0. The first-order chi connectivity index (χ1) is 21.9. The fraction of sp³-hybridized carbons (Fsp3) is 0.238. The molecule has 0 aliphatic rings. The summed E-state index contributed by atoms with van der Waals surface area (Å²) < 4.78 is 0. The van der Waals surface area contributed by atoms with E-state index in [4.69, 9.17) is 16.5 Å². The van der Waals surface area contributed by atoms with Crippen LogP contribution in [0.3, 0.4) is 0 Å². The molecule has 5 rings (SSSR count). The summed E-state index contributed by atoms with van der Waals surface area (Å²) in [6, 6.07) is 47.3. The largest absolute Gasteiger partial charge is 0.383 e. The van der Waals surface area contributed by atoms with Crippen LogP contribution in [0.5, 0.6) is 0 Å². The Labute approximate surface area is 276 Å². The molecular weight excluding hydrogens is 560 g/mol. The summed E-state index contributed by atoms with van der Waals surface area (Å²) in [5, 5.41) is 0. The van der Waals surface area contributed by atoms with Gasteiger partial charge in [0.05, 0.1) is 6.54 Å². The van der Waals surface area contributed by atoms with Gasteiger partial charge in [-0.3, -0.25) is 9.98 Å². The topological polar surface area (TPSA) is 76.8 Å². The van der Waals surface area contributed by atoms with Crippen molar-refractivity contribution in [3.63, 3.8) is 0 Å². The molecule has 4 heteroatoms. The molecule has 0 aliphatic carbocycles. The summed E-state index contributed by atoms with van der Waals surface area (Å²) in [5.41, 5.74) is 20.7. The maximum Gasteiger partial charge on any atom is 0.126 e. The van der Waals surface area contributed by atoms with Crippen LogP contribution in [-0.2, 0) is 17.4 Å². The number of amidine groups is 2. The van der Waals surface area contributed by atoms with Crippen LogP contribution in [0.25, 0.3) is 0 Å². The Balaban J connectivity index is 0.000000216. The van der Waals surface area contributed by atoms with E-state index < -0.39 is 0 Å². The number of nitrogens with zero attached hydrogens (tertiary/aromatic N) is 2. The lowest BCUT2D eigenvalue weighted by atomic mass is 9.86. The van der Waals surface area contributed by atoms with E-state index in [-0.39, 0.29) is 16.9 Å². The SMILES string of the molecule is CC(C)(C)c1ccc(C(N)=NC(c2ccccc2)c2ccccc2)cc1.CC(C)(C)c1ccc(C(N)=NCc2ccccc2)cc1. The summed E-state index contributed by atoms with van der Waals surface area (Å²) in [6.45, 7) is 13.9. The van der Waals surface area contributed by atoms with Gasteiger partial charge in [0, 0.05) is 11.1 Å². The molecule has 0 saturated heterocycles. The van der Waals surface area contributed by atoms with E-state index in [2.05, 4.69) is 119 Å². The van der Waals surface area contributed by atoms with Crippen molar-refractivity contribution in [2.24, 2.45) is 21.5 Å². The molecule has 5 aromatic carbocycles. The van der Waals surface area contributed by atoms with Gasteiger partial charge in [0.25, 0.3) is 0 Å². The van der Waals surface area contributed by atoms with Crippen LogP contribution < -0.4 is 11.5 Å². The fourth-order valence-corrected chi connectivity index (χ4v) is 4.96. The standard InChI is InChI=1S/C24H26N2.C18H22N2/c1-24(2,3)21-16-14-20(15-17-21)23(25)26-22(18-10-6-4-7-11-18)19-12-8-5-9-13-19;1-18(2,3)16-11-9-15(10-12-16)17(19)20-13-14-7-5-4-6-8-14/h4-17,22H,1-3H3,(H2,25,26);4-12H,13H2,1-3H3,(H2,19,20). The van der Waals surface area contributed by atoms with E-state index in [1.165, 1.54) is 16.7 Å². The first-order valence-electron chi connectivity index (χ1n) is 15.9. The van der Waals surface area contributed by atoms with Crippen LogP contribution in [-0.4, -0.2) is 11.7 Å². The van der Waals surface area contributed by atoms with Crippen molar-refractivity contribution in [1.29, 1.82) is 0 Å². The monoisotopic (exact) mass is 608 g/mol. The number of nitrogens with two attached hydrogens (primary N) is 2. The van der Waals surface area contributed by atoms with Gasteiger partial charge in [0.15, 0.2) is 0 Å². The van der Waals surface area contributed by atoms with Crippen LogP contribution in [0.4, 0.5) is 0 Å².